The summed E-state index contributed by atoms with van der Waals surface area (Å²) in [4.78, 5) is 10.2. The molecule has 0 aliphatic carbocycles. The first-order valence-corrected chi connectivity index (χ1v) is 3.40. The predicted octanol–water partition coefficient (Wildman–Crippen LogP) is 1.30. The molecule has 1 rings (SSSR count). The van der Waals surface area contributed by atoms with E-state index in [0.29, 0.717) is 0 Å². The van der Waals surface area contributed by atoms with Crippen molar-refractivity contribution in [2.45, 2.75) is 6.42 Å². The topological polar surface area (TPSA) is 57.5 Å². The molecule has 1 aromatic carbocycles. The molecule has 0 aliphatic rings. The molecular formula is C8H6F2O3. The molecule has 13 heavy (non-hydrogen) atoms. The van der Waals surface area contributed by atoms with E-state index in [2.05, 4.69) is 0 Å². The Labute approximate surface area is 72.2 Å². The highest BCUT2D eigenvalue weighted by molar-refractivity contribution is 5.70. The number of aliphatic carboxylic acids is 1. The summed E-state index contributed by atoms with van der Waals surface area (Å²) in [7, 11) is 0. The maximum absolute atomic E-state index is 12.9. The number of carboxylic acid groups (broad SMARTS) is 1. The van der Waals surface area contributed by atoms with Gasteiger partial charge in [0.15, 0.2) is 17.4 Å². The normalized spacial score (nSPS) is 10.0. The van der Waals surface area contributed by atoms with Gasteiger partial charge in [-0.1, -0.05) is 6.07 Å². The van der Waals surface area contributed by atoms with Gasteiger partial charge in [-0.2, -0.15) is 0 Å². The van der Waals surface area contributed by atoms with Crippen molar-refractivity contribution < 1.29 is 23.8 Å². The van der Waals surface area contributed by atoms with Crippen LogP contribution in [0.4, 0.5) is 8.78 Å². The van der Waals surface area contributed by atoms with Gasteiger partial charge in [0.1, 0.15) is 0 Å². The van der Waals surface area contributed by atoms with Crippen molar-refractivity contribution in [3.8, 4) is 5.75 Å². The van der Waals surface area contributed by atoms with E-state index >= 15 is 0 Å². The number of carboxylic acids is 1. The molecule has 0 unspecified atom stereocenters. The summed E-state index contributed by atoms with van der Waals surface area (Å²) in [6.45, 7) is 0. The number of hydrogen-bond donors (Lipinski definition) is 2. The van der Waals surface area contributed by atoms with Gasteiger partial charge in [0.25, 0.3) is 0 Å². The number of rotatable bonds is 2. The highest BCUT2D eigenvalue weighted by atomic mass is 19.1. The average Bonchev–Trinajstić information content (AvgIpc) is 2.06. The van der Waals surface area contributed by atoms with Crippen LogP contribution < -0.4 is 0 Å². The van der Waals surface area contributed by atoms with E-state index in [1.165, 1.54) is 0 Å². The minimum absolute atomic E-state index is 0.244. The van der Waals surface area contributed by atoms with Crippen molar-refractivity contribution in [2.75, 3.05) is 0 Å². The highest BCUT2D eigenvalue weighted by Crippen LogP contribution is 2.22. The minimum atomic E-state index is -1.25. The van der Waals surface area contributed by atoms with Crippen LogP contribution in [0.5, 0.6) is 5.75 Å². The van der Waals surface area contributed by atoms with Crippen molar-refractivity contribution in [1.82, 2.24) is 0 Å². The number of phenolic OH excluding ortho intramolecular Hbond substituents is 1. The van der Waals surface area contributed by atoms with Gasteiger partial charge in [-0.15, -0.1) is 0 Å². The minimum Gasteiger partial charge on any atom is -0.503 e. The fourth-order valence-electron chi connectivity index (χ4n) is 0.882. The first-order chi connectivity index (χ1) is 6.02. The Bertz CT molecular complexity index is 349. The van der Waals surface area contributed by atoms with Gasteiger partial charge < -0.3 is 10.2 Å². The quantitative estimate of drug-likeness (QED) is 0.735. The smallest absolute Gasteiger partial charge is 0.307 e. The zero-order valence-corrected chi connectivity index (χ0v) is 6.42. The van der Waals surface area contributed by atoms with Gasteiger partial charge in [0.05, 0.1) is 6.42 Å². The van der Waals surface area contributed by atoms with Crippen LogP contribution in [0.1, 0.15) is 5.56 Å². The lowest BCUT2D eigenvalue weighted by molar-refractivity contribution is -0.136. The molecule has 0 heterocycles. The van der Waals surface area contributed by atoms with Crippen molar-refractivity contribution in [1.29, 1.82) is 0 Å². The Morgan fingerprint density at radius 3 is 2.54 bits per heavy atom. The van der Waals surface area contributed by atoms with Crippen LogP contribution in [0.15, 0.2) is 12.1 Å². The summed E-state index contributed by atoms with van der Waals surface area (Å²) in [5, 5.41) is 17.1. The van der Waals surface area contributed by atoms with Crippen LogP contribution in [-0.4, -0.2) is 16.2 Å². The number of aromatic hydroxyl groups is 1. The fraction of sp³-hybridized carbons (Fsp3) is 0.125. The van der Waals surface area contributed by atoms with Gasteiger partial charge in [-0.05, 0) is 6.07 Å². The number of halogens is 2. The van der Waals surface area contributed by atoms with E-state index < -0.39 is 29.8 Å². The Morgan fingerprint density at radius 1 is 1.38 bits per heavy atom. The van der Waals surface area contributed by atoms with Crippen LogP contribution in [0, 0.1) is 11.6 Å². The second-order valence-electron chi connectivity index (χ2n) is 2.44. The van der Waals surface area contributed by atoms with E-state index in [4.69, 9.17) is 10.2 Å². The van der Waals surface area contributed by atoms with Crippen molar-refractivity contribution in [3.05, 3.63) is 29.3 Å². The molecule has 0 bridgehead atoms. The van der Waals surface area contributed by atoms with Gasteiger partial charge in [-0.3, -0.25) is 4.79 Å². The summed E-state index contributed by atoms with van der Waals surface area (Å²) in [6, 6.07) is 1.80. The summed E-state index contributed by atoms with van der Waals surface area (Å²) in [5.74, 6) is -4.71. The first-order valence-electron chi connectivity index (χ1n) is 3.40. The fourth-order valence-corrected chi connectivity index (χ4v) is 0.882. The predicted molar refractivity (Wildman–Crippen MR) is 39.4 cm³/mol. The summed E-state index contributed by atoms with van der Waals surface area (Å²) in [6.07, 6.45) is -0.584. The number of phenols is 1. The van der Waals surface area contributed by atoms with Crippen LogP contribution in [0.2, 0.25) is 0 Å². The lowest BCUT2D eigenvalue weighted by Gasteiger charge is -2.02. The molecular weight excluding hydrogens is 182 g/mol. The second-order valence-corrected chi connectivity index (χ2v) is 2.44. The third-order valence-electron chi connectivity index (χ3n) is 1.49. The third-order valence-corrected chi connectivity index (χ3v) is 1.49. The molecule has 0 atom stereocenters. The van der Waals surface area contributed by atoms with Crippen LogP contribution in [-0.2, 0) is 11.2 Å². The maximum Gasteiger partial charge on any atom is 0.307 e. The zero-order valence-electron chi connectivity index (χ0n) is 6.42. The summed E-state index contributed by atoms with van der Waals surface area (Å²) >= 11 is 0. The highest BCUT2D eigenvalue weighted by Gasteiger charge is 2.14. The molecule has 0 aromatic heterocycles. The molecule has 0 spiro atoms. The molecule has 5 heteroatoms. The van der Waals surface area contributed by atoms with Gasteiger partial charge >= 0.3 is 5.97 Å². The molecule has 0 radical (unpaired) electrons. The zero-order chi connectivity index (χ0) is 10.0. The van der Waals surface area contributed by atoms with E-state index in [-0.39, 0.29) is 5.56 Å². The molecule has 0 amide bonds. The first kappa shape index (κ1) is 9.44. The Hall–Kier alpha value is -1.65. The lowest BCUT2D eigenvalue weighted by atomic mass is 10.1. The van der Waals surface area contributed by atoms with Crippen molar-refractivity contribution >= 4 is 5.97 Å². The second kappa shape index (κ2) is 3.38. The molecule has 2 N–H and O–H groups in total. The molecule has 3 nitrogen and oxygen atoms in total. The van der Waals surface area contributed by atoms with Crippen LogP contribution in [0.25, 0.3) is 0 Å². The average molecular weight is 188 g/mol. The van der Waals surface area contributed by atoms with Crippen molar-refractivity contribution in [2.24, 2.45) is 0 Å². The third kappa shape index (κ3) is 1.93. The SMILES string of the molecule is O=C(O)Cc1ccc(F)c(O)c1F. The summed E-state index contributed by atoms with van der Waals surface area (Å²) < 4.78 is 25.3. The molecule has 0 fully saturated rings. The largest absolute Gasteiger partial charge is 0.503 e. The van der Waals surface area contributed by atoms with Gasteiger partial charge in [-0.25, -0.2) is 8.78 Å². The Kier molecular flexibility index (Phi) is 2.46. The van der Waals surface area contributed by atoms with E-state index in [1.807, 2.05) is 0 Å². The summed E-state index contributed by atoms with van der Waals surface area (Å²) in [5.41, 5.74) is -0.244. The molecule has 0 aliphatic heterocycles. The standard InChI is InChI=1S/C8H6F2O3/c9-5-2-1-4(3-6(11)12)7(10)8(5)13/h1-2,13H,3H2,(H,11,12). The van der Waals surface area contributed by atoms with Crippen LogP contribution >= 0.6 is 0 Å². The van der Waals surface area contributed by atoms with Crippen LogP contribution in [0.3, 0.4) is 0 Å². The number of hydrogen-bond acceptors (Lipinski definition) is 2. The number of benzene rings is 1. The molecule has 0 saturated carbocycles. The lowest BCUT2D eigenvalue weighted by Crippen LogP contribution is -2.03. The van der Waals surface area contributed by atoms with Gasteiger partial charge in [0.2, 0.25) is 0 Å². The maximum atomic E-state index is 12.9. The molecule has 0 saturated heterocycles. The molecule has 70 valence electrons. The number of carbonyl (C=O) groups is 1. The Balaban J connectivity index is 3.10. The monoisotopic (exact) mass is 188 g/mol. The van der Waals surface area contributed by atoms with E-state index in [9.17, 15) is 13.6 Å². The van der Waals surface area contributed by atoms with Crippen molar-refractivity contribution in [3.63, 3.8) is 0 Å². The van der Waals surface area contributed by atoms with E-state index in [0.717, 1.165) is 12.1 Å². The molecule has 1 aromatic rings. The Morgan fingerprint density at radius 2 is 2.00 bits per heavy atom. The van der Waals surface area contributed by atoms with Gasteiger partial charge in [0, 0.05) is 5.56 Å². The van der Waals surface area contributed by atoms with E-state index in [1.54, 1.807) is 0 Å².